The normalized spacial score (nSPS) is 29.8. The Kier molecular flexibility index (Phi) is 3.56. The van der Waals surface area contributed by atoms with E-state index in [1.165, 1.54) is 0 Å². The van der Waals surface area contributed by atoms with Crippen LogP contribution in [0.2, 0.25) is 0 Å². The topological polar surface area (TPSA) is 32.7 Å². The van der Waals surface area contributed by atoms with Crippen molar-refractivity contribution in [3.63, 3.8) is 0 Å². The van der Waals surface area contributed by atoms with Gasteiger partial charge in [0.05, 0.1) is 11.2 Å². The number of likely N-dealkylation sites (N-methyl/N-ethyl adjacent to an activating group) is 1. The minimum Gasteiger partial charge on any atom is -0.389 e. The Bertz CT molecular complexity index is 194. The van der Waals surface area contributed by atoms with Gasteiger partial charge in [-0.15, -0.1) is 0 Å². The Morgan fingerprint density at radius 3 is 2.57 bits per heavy atom. The molecule has 1 aliphatic rings. The van der Waals surface area contributed by atoms with Gasteiger partial charge in [-0.3, -0.25) is 0 Å². The first kappa shape index (κ1) is 12.0. The number of nitrogens with zero attached hydrogens (tertiary/aromatic N) is 1. The standard InChI is InChI=1S/C11H23NO2/c1-10(2,14-4)5-6-11(13)7-8-12(3)9-11/h13H,5-9H2,1-4H3. The molecule has 0 spiro atoms. The van der Waals surface area contributed by atoms with Gasteiger partial charge in [0.25, 0.3) is 0 Å². The molecule has 1 N–H and O–H groups in total. The van der Waals surface area contributed by atoms with Gasteiger partial charge in [-0.1, -0.05) is 0 Å². The lowest BCUT2D eigenvalue weighted by atomic mass is 9.91. The molecule has 1 rings (SSSR count). The number of likely N-dealkylation sites (tertiary alicyclic amines) is 1. The molecule has 3 nitrogen and oxygen atoms in total. The van der Waals surface area contributed by atoms with Crippen LogP contribution in [0.5, 0.6) is 0 Å². The summed E-state index contributed by atoms with van der Waals surface area (Å²) in [5.74, 6) is 0. The van der Waals surface area contributed by atoms with E-state index in [-0.39, 0.29) is 5.60 Å². The third-order valence-electron chi connectivity index (χ3n) is 3.27. The molecule has 0 saturated carbocycles. The Hall–Kier alpha value is -0.120. The second-order valence-electron chi connectivity index (χ2n) is 5.18. The average molecular weight is 201 g/mol. The zero-order valence-corrected chi connectivity index (χ0v) is 9.84. The molecule has 3 heteroatoms. The average Bonchev–Trinajstić information content (AvgIpc) is 2.45. The summed E-state index contributed by atoms with van der Waals surface area (Å²) < 4.78 is 5.34. The third kappa shape index (κ3) is 3.23. The van der Waals surface area contributed by atoms with Crippen LogP contribution in [-0.2, 0) is 4.74 Å². The molecule has 1 heterocycles. The van der Waals surface area contributed by atoms with E-state index in [4.69, 9.17) is 4.74 Å². The van der Waals surface area contributed by atoms with Crippen molar-refractivity contribution in [2.45, 2.75) is 44.3 Å². The SMILES string of the molecule is COC(C)(C)CCC1(O)CCN(C)C1. The number of hydrogen-bond acceptors (Lipinski definition) is 3. The number of aliphatic hydroxyl groups is 1. The van der Waals surface area contributed by atoms with Gasteiger partial charge >= 0.3 is 0 Å². The first-order chi connectivity index (χ1) is 6.37. The van der Waals surface area contributed by atoms with Gasteiger partial charge in [0.2, 0.25) is 0 Å². The van der Waals surface area contributed by atoms with E-state index in [1.54, 1.807) is 7.11 Å². The second kappa shape index (κ2) is 4.17. The summed E-state index contributed by atoms with van der Waals surface area (Å²) >= 11 is 0. The van der Waals surface area contributed by atoms with Crippen LogP contribution in [0.25, 0.3) is 0 Å². The molecule has 1 unspecified atom stereocenters. The number of β-amino-alcohol motifs (C(OH)–C–C–N with tert-alkyl or cyclic N) is 1. The summed E-state index contributed by atoms with van der Waals surface area (Å²) in [5, 5.41) is 10.2. The smallest absolute Gasteiger partial charge is 0.0787 e. The Labute approximate surface area is 87.1 Å². The molecule has 0 aliphatic carbocycles. The van der Waals surface area contributed by atoms with Crippen LogP contribution in [0.3, 0.4) is 0 Å². The molecule has 0 radical (unpaired) electrons. The van der Waals surface area contributed by atoms with E-state index in [0.717, 1.165) is 32.4 Å². The monoisotopic (exact) mass is 201 g/mol. The van der Waals surface area contributed by atoms with Crippen molar-refractivity contribution < 1.29 is 9.84 Å². The quantitative estimate of drug-likeness (QED) is 0.743. The van der Waals surface area contributed by atoms with E-state index in [0.29, 0.717) is 0 Å². The lowest BCUT2D eigenvalue weighted by Gasteiger charge is -2.29. The van der Waals surface area contributed by atoms with Crippen molar-refractivity contribution in [1.82, 2.24) is 4.90 Å². The van der Waals surface area contributed by atoms with E-state index in [9.17, 15) is 5.11 Å². The van der Waals surface area contributed by atoms with Crippen LogP contribution in [0.4, 0.5) is 0 Å². The molecule has 84 valence electrons. The van der Waals surface area contributed by atoms with E-state index >= 15 is 0 Å². The summed E-state index contributed by atoms with van der Waals surface area (Å²) in [4.78, 5) is 2.18. The predicted molar refractivity (Wildman–Crippen MR) is 57.4 cm³/mol. The van der Waals surface area contributed by atoms with E-state index in [2.05, 4.69) is 25.8 Å². The lowest BCUT2D eigenvalue weighted by Crippen LogP contribution is -2.35. The highest BCUT2D eigenvalue weighted by molar-refractivity contribution is 4.90. The highest BCUT2D eigenvalue weighted by Crippen LogP contribution is 2.28. The van der Waals surface area contributed by atoms with Crippen LogP contribution < -0.4 is 0 Å². The molecule has 0 bridgehead atoms. The zero-order chi connectivity index (χ0) is 10.8. The number of hydrogen-bond donors (Lipinski definition) is 1. The summed E-state index contributed by atoms with van der Waals surface area (Å²) in [7, 11) is 3.78. The summed E-state index contributed by atoms with van der Waals surface area (Å²) in [6, 6.07) is 0. The predicted octanol–water partition coefficient (Wildman–Crippen LogP) is 1.26. The number of rotatable bonds is 4. The molecular formula is C11H23NO2. The minimum atomic E-state index is -0.482. The largest absolute Gasteiger partial charge is 0.389 e. The van der Waals surface area contributed by atoms with Gasteiger partial charge < -0.3 is 14.7 Å². The van der Waals surface area contributed by atoms with Crippen LogP contribution in [0.15, 0.2) is 0 Å². The first-order valence-corrected chi connectivity index (χ1v) is 5.33. The summed E-state index contributed by atoms with van der Waals surface area (Å²) in [6.45, 7) is 5.93. The van der Waals surface area contributed by atoms with Gasteiger partial charge in [0, 0.05) is 20.2 Å². The fraction of sp³-hybridized carbons (Fsp3) is 1.00. The van der Waals surface area contributed by atoms with Crippen LogP contribution >= 0.6 is 0 Å². The van der Waals surface area contributed by atoms with Crippen molar-refractivity contribution in [3.8, 4) is 0 Å². The maximum atomic E-state index is 10.2. The molecule has 1 atom stereocenters. The third-order valence-corrected chi connectivity index (χ3v) is 3.27. The molecule has 14 heavy (non-hydrogen) atoms. The number of ether oxygens (including phenoxy) is 1. The minimum absolute atomic E-state index is 0.114. The molecule has 1 fully saturated rings. The summed E-state index contributed by atoms with van der Waals surface area (Å²) in [5.41, 5.74) is -0.596. The molecule has 1 saturated heterocycles. The Morgan fingerprint density at radius 2 is 2.14 bits per heavy atom. The van der Waals surface area contributed by atoms with Crippen molar-refractivity contribution >= 4 is 0 Å². The van der Waals surface area contributed by atoms with Gasteiger partial charge in [0.1, 0.15) is 0 Å². The highest BCUT2D eigenvalue weighted by Gasteiger charge is 2.35. The molecule has 0 aromatic rings. The molecule has 0 amide bonds. The van der Waals surface area contributed by atoms with E-state index in [1.807, 2.05) is 0 Å². The van der Waals surface area contributed by atoms with Gasteiger partial charge in [-0.05, 0) is 40.2 Å². The molecular weight excluding hydrogens is 178 g/mol. The first-order valence-electron chi connectivity index (χ1n) is 5.33. The molecule has 0 aromatic carbocycles. The maximum absolute atomic E-state index is 10.2. The Morgan fingerprint density at radius 1 is 1.50 bits per heavy atom. The van der Waals surface area contributed by atoms with Crippen molar-refractivity contribution in [3.05, 3.63) is 0 Å². The highest BCUT2D eigenvalue weighted by atomic mass is 16.5. The summed E-state index contributed by atoms with van der Waals surface area (Å²) in [6.07, 6.45) is 2.63. The van der Waals surface area contributed by atoms with Gasteiger partial charge in [-0.25, -0.2) is 0 Å². The van der Waals surface area contributed by atoms with Crippen molar-refractivity contribution in [2.24, 2.45) is 0 Å². The van der Waals surface area contributed by atoms with E-state index < -0.39 is 5.60 Å². The van der Waals surface area contributed by atoms with Gasteiger partial charge in [-0.2, -0.15) is 0 Å². The maximum Gasteiger partial charge on any atom is 0.0787 e. The van der Waals surface area contributed by atoms with Crippen molar-refractivity contribution in [2.75, 3.05) is 27.2 Å². The van der Waals surface area contributed by atoms with Crippen molar-refractivity contribution in [1.29, 1.82) is 0 Å². The zero-order valence-electron chi connectivity index (χ0n) is 9.84. The lowest BCUT2D eigenvalue weighted by molar-refractivity contribution is -0.0212. The molecule has 1 aliphatic heterocycles. The van der Waals surface area contributed by atoms with Crippen LogP contribution in [0.1, 0.15) is 33.1 Å². The van der Waals surface area contributed by atoms with Gasteiger partial charge in [0.15, 0.2) is 0 Å². The second-order valence-corrected chi connectivity index (χ2v) is 5.18. The van der Waals surface area contributed by atoms with Crippen LogP contribution in [0, 0.1) is 0 Å². The Balaban J connectivity index is 2.37. The fourth-order valence-electron chi connectivity index (χ4n) is 1.90. The fourth-order valence-corrected chi connectivity index (χ4v) is 1.90. The number of methoxy groups -OCH3 is 1. The van der Waals surface area contributed by atoms with Crippen LogP contribution in [-0.4, -0.2) is 48.5 Å². The molecule has 0 aromatic heterocycles.